The number of hydrogen-bond acceptors (Lipinski definition) is 2. The van der Waals surface area contributed by atoms with Crippen molar-refractivity contribution in [2.24, 2.45) is 0 Å². The van der Waals surface area contributed by atoms with Gasteiger partial charge in [-0.1, -0.05) is 23.8 Å². The maximum Gasteiger partial charge on any atom is 0.196 e. The minimum Gasteiger partial charge on any atom is -0.360 e. The molecule has 0 bridgehead atoms. The molecular formula is C17H15NOS. The minimum absolute atomic E-state index is 0.0757. The molecule has 3 heteroatoms. The molecule has 100 valence electrons. The zero-order valence-electron chi connectivity index (χ0n) is 11.4. The van der Waals surface area contributed by atoms with Gasteiger partial charge in [0.2, 0.25) is 0 Å². The monoisotopic (exact) mass is 281 g/mol. The van der Waals surface area contributed by atoms with Crippen molar-refractivity contribution in [1.29, 1.82) is 0 Å². The van der Waals surface area contributed by atoms with E-state index in [4.69, 9.17) is 0 Å². The Morgan fingerprint density at radius 1 is 1.10 bits per heavy atom. The van der Waals surface area contributed by atoms with Crippen LogP contribution in [0.3, 0.4) is 0 Å². The Balaban J connectivity index is 2.15. The fraction of sp³-hybridized carbons (Fsp3) is 0.118. The molecule has 0 saturated heterocycles. The van der Waals surface area contributed by atoms with Gasteiger partial charge in [-0.3, -0.25) is 4.79 Å². The number of thioether (sulfide) groups is 1. The summed E-state index contributed by atoms with van der Waals surface area (Å²) in [6, 6.07) is 13.9. The van der Waals surface area contributed by atoms with E-state index in [1.54, 1.807) is 11.8 Å². The number of benzene rings is 2. The normalized spacial score (nSPS) is 10.9. The molecule has 20 heavy (non-hydrogen) atoms. The van der Waals surface area contributed by atoms with Crippen molar-refractivity contribution >= 4 is 28.4 Å². The molecule has 0 radical (unpaired) electrons. The third-order valence-electron chi connectivity index (χ3n) is 3.43. The molecule has 0 amide bonds. The zero-order valence-corrected chi connectivity index (χ0v) is 12.3. The van der Waals surface area contributed by atoms with Crippen molar-refractivity contribution < 1.29 is 4.79 Å². The van der Waals surface area contributed by atoms with E-state index in [1.807, 2.05) is 55.8 Å². The summed E-state index contributed by atoms with van der Waals surface area (Å²) in [4.78, 5) is 17.0. The summed E-state index contributed by atoms with van der Waals surface area (Å²) >= 11 is 1.60. The SMILES string of the molecule is CSc1ccccc1C(=O)c1c[nH]c2ccc(C)cc12. The van der Waals surface area contributed by atoms with Gasteiger partial charge in [0, 0.05) is 33.1 Å². The van der Waals surface area contributed by atoms with E-state index >= 15 is 0 Å². The Labute approximate surface area is 122 Å². The first-order valence-corrected chi connectivity index (χ1v) is 7.68. The second-order valence-electron chi connectivity index (χ2n) is 4.78. The van der Waals surface area contributed by atoms with Crippen molar-refractivity contribution in [2.75, 3.05) is 6.26 Å². The van der Waals surface area contributed by atoms with E-state index in [9.17, 15) is 4.79 Å². The highest BCUT2D eigenvalue weighted by Gasteiger charge is 2.16. The van der Waals surface area contributed by atoms with Gasteiger partial charge in [0.1, 0.15) is 0 Å². The second kappa shape index (κ2) is 5.17. The lowest BCUT2D eigenvalue weighted by molar-refractivity contribution is 0.103. The third-order valence-corrected chi connectivity index (χ3v) is 4.23. The topological polar surface area (TPSA) is 32.9 Å². The number of carbonyl (C=O) groups excluding carboxylic acids is 1. The van der Waals surface area contributed by atoms with Crippen LogP contribution in [-0.2, 0) is 0 Å². The Morgan fingerprint density at radius 2 is 1.90 bits per heavy atom. The van der Waals surface area contributed by atoms with Gasteiger partial charge >= 0.3 is 0 Å². The van der Waals surface area contributed by atoms with Gasteiger partial charge in [-0.2, -0.15) is 0 Å². The molecule has 2 aromatic carbocycles. The molecule has 3 rings (SSSR count). The summed E-state index contributed by atoms with van der Waals surface area (Å²) in [6.45, 7) is 2.04. The lowest BCUT2D eigenvalue weighted by Crippen LogP contribution is -2.02. The van der Waals surface area contributed by atoms with E-state index in [0.717, 1.165) is 32.5 Å². The average Bonchev–Trinajstić information content (AvgIpc) is 2.89. The van der Waals surface area contributed by atoms with Crippen LogP contribution in [0.5, 0.6) is 0 Å². The van der Waals surface area contributed by atoms with Crippen molar-refractivity contribution in [3.8, 4) is 0 Å². The van der Waals surface area contributed by atoms with Crippen LogP contribution < -0.4 is 0 Å². The van der Waals surface area contributed by atoms with Gasteiger partial charge in [0.25, 0.3) is 0 Å². The molecule has 1 N–H and O–H groups in total. The van der Waals surface area contributed by atoms with Crippen molar-refractivity contribution in [3.63, 3.8) is 0 Å². The molecule has 0 saturated carbocycles. The van der Waals surface area contributed by atoms with Crippen LogP contribution in [0.4, 0.5) is 0 Å². The predicted molar refractivity (Wildman–Crippen MR) is 84.7 cm³/mol. The molecule has 0 aliphatic heterocycles. The van der Waals surface area contributed by atoms with Gasteiger partial charge < -0.3 is 4.98 Å². The van der Waals surface area contributed by atoms with Crippen LogP contribution in [0.1, 0.15) is 21.5 Å². The molecule has 1 heterocycles. The van der Waals surface area contributed by atoms with E-state index in [2.05, 4.69) is 11.1 Å². The fourth-order valence-corrected chi connectivity index (χ4v) is 2.99. The highest BCUT2D eigenvalue weighted by Crippen LogP contribution is 2.26. The first-order chi connectivity index (χ1) is 9.70. The van der Waals surface area contributed by atoms with Gasteiger partial charge in [0.05, 0.1) is 0 Å². The molecule has 0 fully saturated rings. The number of carbonyl (C=O) groups is 1. The third kappa shape index (κ3) is 2.14. The van der Waals surface area contributed by atoms with Crippen LogP contribution in [-0.4, -0.2) is 17.0 Å². The van der Waals surface area contributed by atoms with Crippen LogP contribution in [0.25, 0.3) is 10.9 Å². The zero-order chi connectivity index (χ0) is 14.1. The molecule has 2 nitrogen and oxygen atoms in total. The molecule has 0 unspecified atom stereocenters. The number of hydrogen-bond donors (Lipinski definition) is 1. The van der Waals surface area contributed by atoms with Crippen LogP contribution in [0.15, 0.2) is 53.6 Å². The van der Waals surface area contributed by atoms with Crippen LogP contribution >= 0.6 is 11.8 Å². The van der Waals surface area contributed by atoms with Crippen molar-refractivity contribution in [1.82, 2.24) is 4.98 Å². The van der Waals surface area contributed by atoms with Crippen LogP contribution in [0.2, 0.25) is 0 Å². The number of ketones is 1. The molecule has 0 spiro atoms. The van der Waals surface area contributed by atoms with E-state index in [0.29, 0.717) is 0 Å². The van der Waals surface area contributed by atoms with E-state index < -0.39 is 0 Å². The number of nitrogens with one attached hydrogen (secondary N) is 1. The number of aromatic nitrogens is 1. The average molecular weight is 281 g/mol. The maximum absolute atomic E-state index is 12.8. The lowest BCUT2D eigenvalue weighted by atomic mass is 10.0. The first-order valence-electron chi connectivity index (χ1n) is 6.46. The number of rotatable bonds is 3. The van der Waals surface area contributed by atoms with Gasteiger partial charge in [-0.15, -0.1) is 11.8 Å². The molecule has 0 atom stereocenters. The maximum atomic E-state index is 12.8. The van der Waals surface area contributed by atoms with E-state index in [1.165, 1.54) is 0 Å². The number of H-pyrrole nitrogens is 1. The largest absolute Gasteiger partial charge is 0.360 e. The highest BCUT2D eigenvalue weighted by molar-refractivity contribution is 7.98. The fourth-order valence-electron chi connectivity index (χ4n) is 2.40. The van der Waals surface area contributed by atoms with Crippen LogP contribution in [0, 0.1) is 6.92 Å². The Hall–Kier alpha value is -2.00. The summed E-state index contributed by atoms with van der Waals surface area (Å²) < 4.78 is 0. The van der Waals surface area contributed by atoms with Crippen molar-refractivity contribution in [3.05, 3.63) is 65.4 Å². The van der Waals surface area contributed by atoms with E-state index in [-0.39, 0.29) is 5.78 Å². The highest BCUT2D eigenvalue weighted by atomic mass is 32.2. The lowest BCUT2D eigenvalue weighted by Gasteiger charge is -2.05. The summed E-state index contributed by atoms with van der Waals surface area (Å²) in [7, 11) is 0. The summed E-state index contributed by atoms with van der Waals surface area (Å²) in [6.07, 6.45) is 3.80. The number of fused-ring (bicyclic) bond motifs is 1. The smallest absolute Gasteiger partial charge is 0.196 e. The summed E-state index contributed by atoms with van der Waals surface area (Å²) in [5.41, 5.74) is 3.66. The standard InChI is InChI=1S/C17H15NOS/c1-11-7-8-15-13(9-11)14(10-18-15)17(19)12-5-3-4-6-16(12)20-2/h3-10,18H,1-2H3. The Bertz CT molecular complexity index is 789. The summed E-state index contributed by atoms with van der Waals surface area (Å²) in [5.74, 6) is 0.0757. The molecule has 0 aliphatic carbocycles. The minimum atomic E-state index is 0.0757. The molecular weight excluding hydrogens is 266 g/mol. The summed E-state index contributed by atoms with van der Waals surface area (Å²) in [5, 5.41) is 0.992. The molecule has 3 aromatic rings. The molecule has 1 aromatic heterocycles. The van der Waals surface area contributed by atoms with Gasteiger partial charge in [-0.25, -0.2) is 0 Å². The predicted octanol–water partition coefficient (Wildman–Crippen LogP) is 4.43. The number of aromatic amines is 1. The Kier molecular flexibility index (Phi) is 3.36. The second-order valence-corrected chi connectivity index (χ2v) is 5.63. The Morgan fingerprint density at radius 3 is 2.70 bits per heavy atom. The molecule has 0 aliphatic rings. The first kappa shape index (κ1) is 13.0. The van der Waals surface area contributed by atoms with Gasteiger partial charge in [-0.05, 0) is 37.4 Å². The van der Waals surface area contributed by atoms with Gasteiger partial charge in [0.15, 0.2) is 5.78 Å². The van der Waals surface area contributed by atoms with Crippen molar-refractivity contribution in [2.45, 2.75) is 11.8 Å². The quantitative estimate of drug-likeness (QED) is 0.569. The number of aryl methyl sites for hydroxylation is 1.